The molecule has 0 spiro atoms. The van der Waals surface area contributed by atoms with E-state index in [-0.39, 0.29) is 5.75 Å². The molecule has 2 aromatic rings. The van der Waals surface area contributed by atoms with Gasteiger partial charge >= 0.3 is 0 Å². The zero-order chi connectivity index (χ0) is 18.2. The van der Waals surface area contributed by atoms with Crippen LogP contribution in [0, 0.1) is 5.21 Å². The van der Waals surface area contributed by atoms with Crippen LogP contribution in [0.5, 0.6) is 11.5 Å². The molecule has 1 saturated heterocycles. The molecule has 2 heterocycles. The van der Waals surface area contributed by atoms with Crippen LogP contribution in [0.25, 0.3) is 0 Å². The van der Waals surface area contributed by atoms with Gasteiger partial charge in [-0.2, -0.15) is 0 Å². The van der Waals surface area contributed by atoms with Gasteiger partial charge < -0.3 is 15.1 Å². The van der Waals surface area contributed by atoms with E-state index in [0.717, 1.165) is 18.7 Å². The number of aromatic nitrogens is 1. The minimum Gasteiger partial charge on any atom is -0.711 e. The summed E-state index contributed by atoms with van der Waals surface area (Å²) in [6, 6.07) is 11.1. The molecule has 6 nitrogen and oxygen atoms in total. The van der Waals surface area contributed by atoms with Crippen molar-refractivity contribution >= 4 is 5.82 Å². The van der Waals surface area contributed by atoms with Gasteiger partial charge in [0.15, 0.2) is 0 Å². The second kappa shape index (κ2) is 9.29. The number of rotatable bonds is 8. The van der Waals surface area contributed by atoms with E-state index in [0.29, 0.717) is 23.7 Å². The summed E-state index contributed by atoms with van der Waals surface area (Å²) in [5.41, 5.74) is 1.29. The van der Waals surface area contributed by atoms with Crippen molar-refractivity contribution in [3.8, 4) is 11.5 Å². The average Bonchev–Trinajstić information content (AvgIpc) is 2.65. The standard InChI is InChI=1S/C20H27N3O3/c24-18-8-12-23(25)20(15-18)21-9-5-13-26-19-7-4-6-17(14-19)16-22-10-2-1-3-11-22/h4,6-8,12,14-15,21,24H,1-3,5,9-11,13,16H2. The Kier molecular flexibility index (Phi) is 6.55. The molecule has 0 amide bonds. The lowest BCUT2D eigenvalue weighted by Crippen LogP contribution is -2.30. The van der Waals surface area contributed by atoms with Gasteiger partial charge in [0.25, 0.3) is 5.82 Å². The molecule has 3 rings (SSSR count). The molecule has 6 heteroatoms. The van der Waals surface area contributed by atoms with E-state index < -0.39 is 0 Å². The molecule has 2 N–H and O–H groups in total. The third-order valence-corrected chi connectivity index (χ3v) is 4.55. The van der Waals surface area contributed by atoms with Crippen LogP contribution >= 0.6 is 0 Å². The fraction of sp³-hybridized carbons (Fsp3) is 0.450. The van der Waals surface area contributed by atoms with Gasteiger partial charge in [0, 0.05) is 19.0 Å². The number of pyridine rings is 1. The Morgan fingerprint density at radius 2 is 2.00 bits per heavy atom. The molecule has 0 saturated carbocycles. The van der Waals surface area contributed by atoms with Gasteiger partial charge in [-0.25, -0.2) is 4.73 Å². The Morgan fingerprint density at radius 3 is 2.85 bits per heavy atom. The first-order chi connectivity index (χ1) is 12.7. The normalized spacial score (nSPS) is 14.9. The maximum atomic E-state index is 11.6. The summed E-state index contributed by atoms with van der Waals surface area (Å²) in [5.74, 6) is 1.30. The summed E-state index contributed by atoms with van der Waals surface area (Å²) >= 11 is 0. The van der Waals surface area contributed by atoms with Crippen LogP contribution in [0.4, 0.5) is 5.82 Å². The Balaban J connectivity index is 1.40. The Hall–Kier alpha value is -2.47. The van der Waals surface area contributed by atoms with E-state index >= 15 is 0 Å². The molecule has 1 aliphatic rings. The van der Waals surface area contributed by atoms with Gasteiger partial charge in [-0.15, -0.1) is 0 Å². The lowest BCUT2D eigenvalue weighted by molar-refractivity contribution is -0.590. The lowest BCUT2D eigenvalue weighted by Gasteiger charge is -2.26. The summed E-state index contributed by atoms with van der Waals surface area (Å²) < 4.78 is 6.53. The predicted octanol–water partition coefficient (Wildman–Crippen LogP) is 2.89. The number of benzene rings is 1. The Bertz CT molecular complexity index is 702. The first-order valence-corrected chi connectivity index (χ1v) is 9.31. The number of ether oxygens (including phenoxy) is 1. The smallest absolute Gasteiger partial charge is 0.281 e. The van der Waals surface area contributed by atoms with E-state index in [9.17, 15) is 10.3 Å². The van der Waals surface area contributed by atoms with Crippen molar-refractivity contribution in [2.45, 2.75) is 32.2 Å². The van der Waals surface area contributed by atoms with Crippen LogP contribution < -0.4 is 14.8 Å². The zero-order valence-corrected chi connectivity index (χ0v) is 15.1. The Labute approximate surface area is 154 Å². The van der Waals surface area contributed by atoms with Gasteiger partial charge in [-0.05, 0) is 43.6 Å². The molecule has 0 unspecified atom stereocenters. The molecule has 0 radical (unpaired) electrons. The van der Waals surface area contributed by atoms with E-state index in [1.807, 2.05) is 12.1 Å². The number of nitrogens with zero attached hydrogens (tertiary/aromatic N) is 2. The fourth-order valence-corrected chi connectivity index (χ4v) is 3.19. The van der Waals surface area contributed by atoms with Crippen molar-refractivity contribution in [2.75, 3.05) is 31.6 Å². The van der Waals surface area contributed by atoms with E-state index in [2.05, 4.69) is 22.3 Å². The van der Waals surface area contributed by atoms with Crippen molar-refractivity contribution in [1.29, 1.82) is 0 Å². The van der Waals surface area contributed by atoms with E-state index in [4.69, 9.17) is 4.74 Å². The number of hydrogen-bond donors (Lipinski definition) is 2. The molecule has 26 heavy (non-hydrogen) atoms. The highest BCUT2D eigenvalue weighted by Gasteiger charge is 2.10. The van der Waals surface area contributed by atoms with Crippen LogP contribution in [-0.4, -0.2) is 36.2 Å². The summed E-state index contributed by atoms with van der Waals surface area (Å²) in [6.07, 6.45) is 5.98. The fourth-order valence-electron chi connectivity index (χ4n) is 3.19. The third kappa shape index (κ3) is 5.52. The zero-order valence-electron chi connectivity index (χ0n) is 15.1. The molecule has 0 aliphatic carbocycles. The molecule has 1 aromatic carbocycles. The molecule has 0 atom stereocenters. The van der Waals surface area contributed by atoms with Crippen molar-refractivity contribution in [2.24, 2.45) is 0 Å². The van der Waals surface area contributed by atoms with E-state index in [1.54, 1.807) is 0 Å². The highest BCUT2D eigenvalue weighted by atomic mass is 16.5. The highest BCUT2D eigenvalue weighted by molar-refractivity contribution is 5.35. The lowest BCUT2D eigenvalue weighted by atomic mass is 10.1. The summed E-state index contributed by atoms with van der Waals surface area (Å²) in [6.45, 7) is 4.52. The highest BCUT2D eigenvalue weighted by Crippen LogP contribution is 2.18. The number of anilines is 1. The predicted molar refractivity (Wildman–Crippen MR) is 101 cm³/mol. The summed E-state index contributed by atoms with van der Waals surface area (Å²) in [5, 5.41) is 24.0. The molecule has 0 bridgehead atoms. The second-order valence-corrected chi connectivity index (χ2v) is 6.71. The molecule has 1 aromatic heterocycles. The van der Waals surface area contributed by atoms with Gasteiger partial charge in [0.05, 0.1) is 25.4 Å². The minimum atomic E-state index is 0.0707. The number of likely N-dealkylation sites (tertiary alicyclic amines) is 1. The van der Waals surface area contributed by atoms with Gasteiger partial charge in [-0.3, -0.25) is 10.2 Å². The molecule has 1 aliphatic heterocycles. The largest absolute Gasteiger partial charge is 0.711 e. The number of aromatic hydroxyl groups is 1. The Morgan fingerprint density at radius 1 is 1.15 bits per heavy atom. The van der Waals surface area contributed by atoms with Crippen LogP contribution in [0.2, 0.25) is 0 Å². The van der Waals surface area contributed by atoms with Crippen molar-refractivity contribution in [1.82, 2.24) is 4.90 Å². The molecule has 140 valence electrons. The van der Waals surface area contributed by atoms with Crippen LogP contribution in [0.1, 0.15) is 31.2 Å². The van der Waals surface area contributed by atoms with Crippen molar-refractivity contribution in [3.63, 3.8) is 0 Å². The SMILES string of the molecule is [O-][n+]1ccc(O)cc1NCCCOc1cccc(CN2CCCCC2)c1. The third-order valence-electron chi connectivity index (χ3n) is 4.55. The topological polar surface area (TPSA) is 71.7 Å². The van der Waals surface area contributed by atoms with Crippen molar-refractivity contribution in [3.05, 3.63) is 53.4 Å². The monoisotopic (exact) mass is 357 g/mol. The maximum Gasteiger partial charge on any atom is 0.281 e. The van der Waals surface area contributed by atoms with Crippen LogP contribution in [0.15, 0.2) is 42.6 Å². The summed E-state index contributed by atoms with van der Waals surface area (Å²) in [7, 11) is 0. The molecular formula is C20H27N3O3. The number of hydrogen-bond acceptors (Lipinski definition) is 5. The number of piperidine rings is 1. The quantitative estimate of drug-likeness (QED) is 0.432. The maximum absolute atomic E-state index is 11.6. The average molecular weight is 357 g/mol. The van der Waals surface area contributed by atoms with Crippen LogP contribution in [0.3, 0.4) is 0 Å². The van der Waals surface area contributed by atoms with E-state index in [1.165, 1.54) is 56.2 Å². The second-order valence-electron chi connectivity index (χ2n) is 6.71. The first kappa shape index (κ1) is 18.3. The molecule has 1 fully saturated rings. The van der Waals surface area contributed by atoms with Crippen LogP contribution in [-0.2, 0) is 6.54 Å². The molecular weight excluding hydrogens is 330 g/mol. The number of nitrogens with one attached hydrogen (secondary N) is 1. The van der Waals surface area contributed by atoms with Crippen molar-refractivity contribution < 1.29 is 14.6 Å². The van der Waals surface area contributed by atoms with Gasteiger partial charge in [0.2, 0.25) is 0 Å². The minimum absolute atomic E-state index is 0.0707. The van der Waals surface area contributed by atoms with Gasteiger partial charge in [-0.1, -0.05) is 18.6 Å². The summed E-state index contributed by atoms with van der Waals surface area (Å²) in [4.78, 5) is 2.50. The first-order valence-electron chi connectivity index (χ1n) is 9.31. The van der Waals surface area contributed by atoms with Gasteiger partial charge in [0.1, 0.15) is 11.5 Å².